The number of nitrogens with one attached hydrogen (secondary N) is 1. The molecule has 2 aliphatic rings. The van der Waals surface area contributed by atoms with E-state index in [4.69, 9.17) is 9.72 Å². The van der Waals surface area contributed by atoms with Crippen LogP contribution in [0.2, 0.25) is 0 Å². The summed E-state index contributed by atoms with van der Waals surface area (Å²) in [5.41, 5.74) is 1.14. The zero-order chi connectivity index (χ0) is 13.5. The predicted molar refractivity (Wildman–Crippen MR) is 78.6 cm³/mol. The summed E-state index contributed by atoms with van der Waals surface area (Å²) >= 11 is 1.86. The molecule has 0 bridgehead atoms. The van der Waals surface area contributed by atoms with Crippen molar-refractivity contribution in [3.63, 3.8) is 0 Å². The molecule has 1 unspecified atom stereocenters. The first-order valence-corrected chi connectivity index (χ1v) is 8.27. The fraction of sp³-hybridized carbons (Fsp3) is 0.800. The summed E-state index contributed by atoms with van der Waals surface area (Å²) in [7, 11) is 0. The van der Waals surface area contributed by atoms with E-state index in [-0.39, 0.29) is 5.60 Å². The Bertz CT molecular complexity index is 445. The van der Waals surface area contributed by atoms with Crippen LogP contribution in [0, 0.1) is 0 Å². The van der Waals surface area contributed by atoms with Gasteiger partial charge in [-0.05, 0) is 38.5 Å². The number of aromatic nitrogens is 1. The van der Waals surface area contributed by atoms with E-state index in [1.807, 2.05) is 11.3 Å². The molecule has 2 heterocycles. The lowest BCUT2D eigenvalue weighted by atomic mass is 10.0. The third-order valence-corrected chi connectivity index (χ3v) is 5.39. The van der Waals surface area contributed by atoms with Crippen LogP contribution in [-0.2, 0) is 16.9 Å². The Kier molecular flexibility index (Phi) is 3.67. The molecule has 1 saturated carbocycles. The molecular formula is C15H24N2OS. The summed E-state index contributed by atoms with van der Waals surface area (Å²) in [6.45, 7) is 8.52. The van der Waals surface area contributed by atoms with Gasteiger partial charge in [-0.15, -0.1) is 11.3 Å². The van der Waals surface area contributed by atoms with Crippen LogP contribution in [0.5, 0.6) is 0 Å². The average molecular weight is 280 g/mol. The molecule has 0 amide bonds. The SMILES string of the molecule is CC(C)c1nc(C2(C)CCCO2)sc1CNC1CC1. The van der Waals surface area contributed by atoms with Crippen LogP contribution in [0.3, 0.4) is 0 Å². The molecule has 1 atom stereocenters. The maximum Gasteiger partial charge on any atom is 0.125 e. The molecule has 4 heteroatoms. The minimum Gasteiger partial charge on any atom is -0.368 e. The fourth-order valence-electron chi connectivity index (χ4n) is 2.64. The quantitative estimate of drug-likeness (QED) is 0.895. The molecule has 0 radical (unpaired) electrons. The minimum absolute atomic E-state index is 0.133. The molecule has 3 rings (SSSR count). The van der Waals surface area contributed by atoms with E-state index in [1.165, 1.54) is 28.4 Å². The summed E-state index contributed by atoms with van der Waals surface area (Å²) in [4.78, 5) is 6.33. The number of hydrogen-bond acceptors (Lipinski definition) is 4. The Morgan fingerprint density at radius 3 is 2.84 bits per heavy atom. The van der Waals surface area contributed by atoms with Crippen LogP contribution in [0.4, 0.5) is 0 Å². The number of rotatable bonds is 5. The third-order valence-electron chi connectivity index (χ3n) is 4.07. The molecule has 1 saturated heterocycles. The molecule has 106 valence electrons. The smallest absolute Gasteiger partial charge is 0.125 e. The van der Waals surface area contributed by atoms with Crippen LogP contribution in [0.1, 0.15) is 68.0 Å². The average Bonchev–Trinajstić information content (AvgIpc) is 2.91. The highest BCUT2D eigenvalue weighted by Crippen LogP contribution is 2.40. The largest absolute Gasteiger partial charge is 0.368 e. The van der Waals surface area contributed by atoms with E-state index in [0.29, 0.717) is 5.92 Å². The third kappa shape index (κ3) is 2.86. The van der Waals surface area contributed by atoms with Crippen molar-refractivity contribution in [1.29, 1.82) is 0 Å². The lowest BCUT2D eigenvalue weighted by Gasteiger charge is -2.19. The predicted octanol–water partition coefficient (Wildman–Crippen LogP) is 3.54. The Morgan fingerprint density at radius 1 is 1.47 bits per heavy atom. The van der Waals surface area contributed by atoms with Crippen molar-refractivity contribution < 1.29 is 4.74 Å². The Hall–Kier alpha value is -0.450. The lowest BCUT2D eigenvalue weighted by Crippen LogP contribution is -2.19. The molecule has 0 aromatic carbocycles. The van der Waals surface area contributed by atoms with E-state index >= 15 is 0 Å². The number of thiazole rings is 1. The molecule has 1 aliphatic carbocycles. The zero-order valence-corrected chi connectivity index (χ0v) is 13.0. The standard InChI is InChI=1S/C15H24N2OS/c1-10(2)13-12(9-16-11-5-6-11)19-14(17-13)15(3)7-4-8-18-15/h10-11,16H,4-9H2,1-3H3. The first kappa shape index (κ1) is 13.5. The van der Waals surface area contributed by atoms with Crippen molar-refractivity contribution >= 4 is 11.3 Å². The molecule has 2 fully saturated rings. The van der Waals surface area contributed by atoms with Crippen LogP contribution >= 0.6 is 11.3 Å². The molecule has 0 spiro atoms. The van der Waals surface area contributed by atoms with Gasteiger partial charge in [0.15, 0.2) is 0 Å². The molecule has 1 aromatic heterocycles. The molecule has 1 N–H and O–H groups in total. The van der Waals surface area contributed by atoms with E-state index < -0.39 is 0 Å². The van der Waals surface area contributed by atoms with E-state index in [2.05, 4.69) is 26.1 Å². The van der Waals surface area contributed by atoms with Crippen molar-refractivity contribution in [1.82, 2.24) is 10.3 Å². The van der Waals surface area contributed by atoms with Crippen molar-refractivity contribution in [2.75, 3.05) is 6.61 Å². The van der Waals surface area contributed by atoms with Gasteiger partial charge in [-0.2, -0.15) is 0 Å². The second kappa shape index (κ2) is 5.15. The van der Waals surface area contributed by atoms with Crippen LogP contribution < -0.4 is 5.32 Å². The van der Waals surface area contributed by atoms with E-state index in [9.17, 15) is 0 Å². The first-order valence-electron chi connectivity index (χ1n) is 7.46. The minimum atomic E-state index is -0.133. The van der Waals surface area contributed by atoms with E-state index in [1.54, 1.807) is 0 Å². The summed E-state index contributed by atoms with van der Waals surface area (Å²) in [6.07, 6.45) is 4.93. The topological polar surface area (TPSA) is 34.1 Å². The van der Waals surface area contributed by atoms with Gasteiger partial charge in [0.25, 0.3) is 0 Å². The maximum atomic E-state index is 5.94. The van der Waals surface area contributed by atoms with Crippen molar-refractivity contribution in [2.45, 2.75) is 70.6 Å². The number of hydrogen-bond donors (Lipinski definition) is 1. The van der Waals surface area contributed by atoms with Crippen LogP contribution in [0.25, 0.3) is 0 Å². The van der Waals surface area contributed by atoms with Gasteiger partial charge in [-0.25, -0.2) is 4.98 Å². The van der Waals surface area contributed by atoms with Gasteiger partial charge in [0.1, 0.15) is 10.6 Å². The van der Waals surface area contributed by atoms with Gasteiger partial charge in [-0.1, -0.05) is 13.8 Å². The van der Waals surface area contributed by atoms with Gasteiger partial charge in [-0.3, -0.25) is 0 Å². The fourth-order valence-corrected chi connectivity index (χ4v) is 3.94. The highest BCUT2D eigenvalue weighted by molar-refractivity contribution is 7.11. The van der Waals surface area contributed by atoms with Crippen molar-refractivity contribution in [3.8, 4) is 0 Å². The first-order chi connectivity index (χ1) is 9.08. The summed E-state index contributed by atoms with van der Waals surface area (Å²) in [6, 6.07) is 0.754. The Labute approximate surface area is 119 Å². The highest BCUT2D eigenvalue weighted by atomic mass is 32.1. The Morgan fingerprint density at radius 2 is 2.26 bits per heavy atom. The van der Waals surface area contributed by atoms with Gasteiger partial charge >= 0.3 is 0 Å². The molecule has 1 aliphatic heterocycles. The summed E-state index contributed by atoms with van der Waals surface area (Å²) < 4.78 is 5.94. The van der Waals surface area contributed by atoms with Gasteiger partial charge in [0.05, 0.1) is 5.69 Å². The normalized spacial score (nSPS) is 27.4. The number of ether oxygens (including phenoxy) is 1. The van der Waals surface area contributed by atoms with Crippen molar-refractivity contribution in [3.05, 3.63) is 15.6 Å². The lowest BCUT2D eigenvalue weighted by molar-refractivity contribution is 0.0165. The zero-order valence-electron chi connectivity index (χ0n) is 12.2. The van der Waals surface area contributed by atoms with Crippen molar-refractivity contribution in [2.24, 2.45) is 0 Å². The second-order valence-corrected chi connectivity index (χ2v) is 7.40. The molecule has 1 aromatic rings. The van der Waals surface area contributed by atoms with Crippen LogP contribution in [-0.4, -0.2) is 17.6 Å². The maximum absolute atomic E-state index is 5.94. The van der Waals surface area contributed by atoms with Gasteiger partial charge < -0.3 is 10.1 Å². The number of nitrogens with zero attached hydrogens (tertiary/aromatic N) is 1. The summed E-state index contributed by atoms with van der Waals surface area (Å²) in [5, 5.41) is 4.80. The monoisotopic (exact) mass is 280 g/mol. The molecular weight excluding hydrogens is 256 g/mol. The van der Waals surface area contributed by atoms with E-state index in [0.717, 1.165) is 32.0 Å². The highest BCUT2D eigenvalue weighted by Gasteiger charge is 2.36. The second-order valence-electron chi connectivity index (χ2n) is 6.32. The van der Waals surface area contributed by atoms with Crippen LogP contribution in [0.15, 0.2) is 0 Å². The summed E-state index contributed by atoms with van der Waals surface area (Å²) in [5.74, 6) is 0.492. The van der Waals surface area contributed by atoms with Gasteiger partial charge in [0.2, 0.25) is 0 Å². The molecule has 19 heavy (non-hydrogen) atoms. The Balaban J connectivity index is 1.82. The molecule has 3 nitrogen and oxygen atoms in total. The van der Waals surface area contributed by atoms with Gasteiger partial charge in [0, 0.05) is 24.1 Å².